The summed E-state index contributed by atoms with van der Waals surface area (Å²) < 4.78 is 5.31. The Labute approximate surface area is 107 Å². The van der Waals surface area contributed by atoms with Crippen molar-refractivity contribution in [1.82, 2.24) is 4.90 Å². The zero-order valence-corrected chi connectivity index (χ0v) is 11.1. The van der Waals surface area contributed by atoms with Crippen molar-refractivity contribution in [3.63, 3.8) is 0 Å². The molecule has 1 heterocycles. The molecular formula is C13H21NO4. The summed E-state index contributed by atoms with van der Waals surface area (Å²) in [7, 11) is 0. The first-order valence-electron chi connectivity index (χ1n) is 6.19. The highest BCUT2D eigenvalue weighted by atomic mass is 16.5. The van der Waals surface area contributed by atoms with Gasteiger partial charge in [-0.25, -0.2) is 0 Å². The molecule has 1 aliphatic rings. The van der Waals surface area contributed by atoms with Crippen LogP contribution in [0.4, 0.5) is 0 Å². The molecule has 0 aromatic carbocycles. The number of carbonyl (C=O) groups excluding carboxylic acids is 2. The Hall–Kier alpha value is -1.20. The summed E-state index contributed by atoms with van der Waals surface area (Å²) in [6.45, 7) is 5.83. The van der Waals surface area contributed by atoms with E-state index < -0.39 is 12.1 Å². The second kappa shape index (κ2) is 6.66. The maximum Gasteiger partial charge on any atom is 0.234 e. The van der Waals surface area contributed by atoms with E-state index in [0.717, 1.165) is 0 Å². The highest BCUT2D eigenvalue weighted by Crippen LogP contribution is 2.24. The third kappa shape index (κ3) is 2.97. The second-order valence-corrected chi connectivity index (χ2v) is 4.73. The summed E-state index contributed by atoms with van der Waals surface area (Å²) in [6, 6.07) is -0.119. The van der Waals surface area contributed by atoms with Crippen molar-refractivity contribution >= 4 is 12.2 Å². The van der Waals surface area contributed by atoms with Gasteiger partial charge in [-0.3, -0.25) is 9.59 Å². The largest absolute Gasteiger partial charge is 0.395 e. The smallest absolute Gasteiger partial charge is 0.234 e. The molecule has 3 atom stereocenters. The third-order valence-electron chi connectivity index (χ3n) is 3.15. The van der Waals surface area contributed by atoms with E-state index in [1.165, 1.54) is 4.90 Å². The number of rotatable bonds is 5. The Kier molecular flexibility index (Phi) is 5.50. The van der Waals surface area contributed by atoms with Crippen molar-refractivity contribution in [2.75, 3.05) is 13.2 Å². The molecule has 1 amide bonds. The van der Waals surface area contributed by atoms with Gasteiger partial charge in [-0.1, -0.05) is 26.0 Å². The fourth-order valence-electron chi connectivity index (χ4n) is 2.10. The summed E-state index contributed by atoms with van der Waals surface area (Å²) in [4.78, 5) is 24.7. The molecule has 0 bridgehead atoms. The van der Waals surface area contributed by atoms with Crippen molar-refractivity contribution in [3.05, 3.63) is 12.2 Å². The van der Waals surface area contributed by atoms with Crippen molar-refractivity contribution < 1.29 is 19.4 Å². The van der Waals surface area contributed by atoms with Gasteiger partial charge in [0.2, 0.25) is 5.91 Å². The first-order valence-corrected chi connectivity index (χ1v) is 6.19. The number of hydrogen-bond donors (Lipinski definition) is 1. The average molecular weight is 255 g/mol. The number of ether oxygens (including phenoxy) is 1. The van der Waals surface area contributed by atoms with Gasteiger partial charge >= 0.3 is 0 Å². The Morgan fingerprint density at radius 3 is 2.67 bits per heavy atom. The van der Waals surface area contributed by atoms with Gasteiger partial charge in [-0.05, 0) is 12.8 Å². The zero-order valence-electron chi connectivity index (χ0n) is 11.1. The molecule has 1 rings (SSSR count). The molecule has 1 saturated heterocycles. The summed E-state index contributed by atoms with van der Waals surface area (Å²) in [5.41, 5.74) is 0. The lowest BCUT2D eigenvalue weighted by Crippen LogP contribution is -2.48. The summed E-state index contributed by atoms with van der Waals surface area (Å²) >= 11 is 0. The van der Waals surface area contributed by atoms with Gasteiger partial charge in [0, 0.05) is 0 Å². The van der Waals surface area contributed by atoms with Crippen LogP contribution < -0.4 is 0 Å². The monoisotopic (exact) mass is 255 g/mol. The zero-order chi connectivity index (χ0) is 13.7. The van der Waals surface area contributed by atoms with Gasteiger partial charge in [-0.15, -0.1) is 0 Å². The minimum Gasteiger partial charge on any atom is -0.395 e. The molecule has 1 unspecified atom stereocenters. The van der Waals surface area contributed by atoms with Crippen molar-refractivity contribution in [2.24, 2.45) is 11.8 Å². The Morgan fingerprint density at radius 1 is 1.56 bits per heavy atom. The number of hydrogen-bond acceptors (Lipinski definition) is 4. The SMILES string of the molecule is CC=C[C@H](CO)C(=O)N1C(C=O)OC[C@H]1C(C)C. The minimum absolute atomic E-state index is 0.119. The molecule has 1 N–H and O–H groups in total. The molecule has 1 fully saturated rings. The minimum atomic E-state index is -0.829. The van der Waals surface area contributed by atoms with Crippen LogP contribution in [0.3, 0.4) is 0 Å². The van der Waals surface area contributed by atoms with E-state index in [4.69, 9.17) is 4.74 Å². The Morgan fingerprint density at radius 2 is 2.22 bits per heavy atom. The summed E-state index contributed by atoms with van der Waals surface area (Å²) in [6.07, 6.45) is 3.16. The average Bonchev–Trinajstić information content (AvgIpc) is 2.78. The van der Waals surface area contributed by atoms with Gasteiger partial charge in [0.25, 0.3) is 0 Å². The first kappa shape index (κ1) is 14.9. The van der Waals surface area contributed by atoms with E-state index in [9.17, 15) is 14.7 Å². The molecule has 0 aromatic heterocycles. The van der Waals surface area contributed by atoms with Crippen LogP contribution in [0.1, 0.15) is 20.8 Å². The van der Waals surface area contributed by atoms with Crippen molar-refractivity contribution in [2.45, 2.75) is 33.0 Å². The molecule has 0 saturated carbocycles. The molecule has 0 spiro atoms. The van der Waals surface area contributed by atoms with Crippen molar-refractivity contribution in [3.8, 4) is 0 Å². The van der Waals surface area contributed by atoms with Gasteiger partial charge < -0.3 is 14.7 Å². The van der Waals surface area contributed by atoms with Crippen LogP contribution in [-0.2, 0) is 14.3 Å². The normalized spacial score (nSPS) is 25.9. The topological polar surface area (TPSA) is 66.8 Å². The number of nitrogens with zero attached hydrogens (tertiary/aromatic N) is 1. The number of carbonyl (C=O) groups is 2. The Balaban J connectivity index is 2.93. The third-order valence-corrected chi connectivity index (χ3v) is 3.15. The van der Waals surface area contributed by atoms with E-state index in [1.54, 1.807) is 19.1 Å². The highest BCUT2D eigenvalue weighted by molar-refractivity contribution is 5.83. The number of allylic oxidation sites excluding steroid dienone is 1. The number of aliphatic hydroxyl groups excluding tert-OH is 1. The maximum absolute atomic E-state index is 12.3. The molecule has 18 heavy (non-hydrogen) atoms. The van der Waals surface area contributed by atoms with Crippen LogP contribution in [0.5, 0.6) is 0 Å². The predicted octanol–water partition coefficient (Wildman–Crippen LogP) is 0.579. The van der Waals surface area contributed by atoms with Gasteiger partial charge in [0.15, 0.2) is 12.5 Å². The van der Waals surface area contributed by atoms with E-state index in [2.05, 4.69) is 0 Å². The van der Waals surface area contributed by atoms with Crippen LogP contribution in [-0.4, -0.2) is 47.7 Å². The van der Waals surface area contributed by atoms with Crippen LogP contribution in [0.2, 0.25) is 0 Å². The standard InChI is InChI=1S/C13H21NO4/c1-4-5-10(6-15)13(17)14-11(9(2)3)8-18-12(14)7-16/h4-5,7,9-12,15H,6,8H2,1-3H3/t10-,11+,12?/m1/s1. The molecule has 1 aliphatic heterocycles. The molecule has 5 nitrogen and oxygen atoms in total. The van der Waals surface area contributed by atoms with Gasteiger partial charge in [-0.2, -0.15) is 0 Å². The van der Waals surface area contributed by atoms with Crippen LogP contribution in [0.25, 0.3) is 0 Å². The fraction of sp³-hybridized carbons (Fsp3) is 0.692. The van der Waals surface area contributed by atoms with E-state index in [1.807, 2.05) is 13.8 Å². The van der Waals surface area contributed by atoms with E-state index in [-0.39, 0.29) is 24.5 Å². The van der Waals surface area contributed by atoms with E-state index >= 15 is 0 Å². The highest BCUT2D eigenvalue weighted by Gasteiger charge is 2.40. The van der Waals surface area contributed by atoms with Crippen LogP contribution >= 0.6 is 0 Å². The predicted molar refractivity (Wildman–Crippen MR) is 66.7 cm³/mol. The fourth-order valence-corrected chi connectivity index (χ4v) is 2.10. The van der Waals surface area contributed by atoms with Crippen LogP contribution in [0, 0.1) is 11.8 Å². The molecule has 5 heteroatoms. The molecule has 0 aliphatic carbocycles. The van der Waals surface area contributed by atoms with Gasteiger partial charge in [0.05, 0.1) is 25.2 Å². The quantitative estimate of drug-likeness (QED) is 0.576. The second-order valence-electron chi connectivity index (χ2n) is 4.73. The Bertz CT molecular complexity index is 327. The number of aldehydes is 1. The number of amides is 1. The molecule has 0 radical (unpaired) electrons. The lowest BCUT2D eigenvalue weighted by Gasteiger charge is -2.30. The molecule has 102 valence electrons. The van der Waals surface area contributed by atoms with Gasteiger partial charge in [0.1, 0.15) is 0 Å². The molecular weight excluding hydrogens is 234 g/mol. The summed E-state index contributed by atoms with van der Waals surface area (Å²) in [5, 5.41) is 9.24. The first-order chi connectivity index (χ1) is 8.56. The van der Waals surface area contributed by atoms with E-state index in [0.29, 0.717) is 12.9 Å². The van der Waals surface area contributed by atoms with Crippen molar-refractivity contribution in [1.29, 1.82) is 0 Å². The van der Waals surface area contributed by atoms with Crippen LogP contribution in [0.15, 0.2) is 12.2 Å². The maximum atomic E-state index is 12.3. The lowest BCUT2D eigenvalue weighted by atomic mass is 10.0. The summed E-state index contributed by atoms with van der Waals surface area (Å²) in [5.74, 6) is -0.673. The molecule has 0 aromatic rings. The number of aliphatic hydroxyl groups is 1. The lowest BCUT2D eigenvalue weighted by molar-refractivity contribution is -0.146.